The van der Waals surface area contributed by atoms with Gasteiger partial charge in [-0.05, 0) is 18.9 Å². The van der Waals surface area contributed by atoms with E-state index in [1.54, 1.807) is 31.2 Å². The van der Waals surface area contributed by atoms with Crippen molar-refractivity contribution in [3.8, 4) is 0 Å². The molecule has 0 aliphatic carbocycles. The van der Waals surface area contributed by atoms with Gasteiger partial charge in [0.1, 0.15) is 12.6 Å². The fourth-order valence-corrected chi connectivity index (χ4v) is 1.64. The van der Waals surface area contributed by atoms with Crippen LogP contribution in [0.4, 0.5) is 4.79 Å². The normalized spacial score (nSPS) is 12.8. The molecule has 1 aromatic carbocycles. The first-order valence-electron chi connectivity index (χ1n) is 7.31. The number of amides is 1. The van der Waals surface area contributed by atoms with Crippen molar-refractivity contribution < 1.29 is 29.0 Å². The van der Waals surface area contributed by atoms with Gasteiger partial charge in [0.15, 0.2) is 0 Å². The van der Waals surface area contributed by atoms with Crippen LogP contribution >= 0.6 is 0 Å². The third-order valence-corrected chi connectivity index (χ3v) is 3.06. The lowest BCUT2D eigenvalue weighted by molar-refractivity contribution is -0.154. The largest absolute Gasteiger partial charge is 0.481 e. The van der Waals surface area contributed by atoms with E-state index >= 15 is 0 Å². The number of carbonyl (C=O) groups is 3. The Balaban J connectivity index is 2.56. The maximum atomic E-state index is 11.9. The molecule has 0 aromatic heterocycles. The highest BCUT2D eigenvalue weighted by Gasteiger charge is 2.27. The molecule has 23 heavy (non-hydrogen) atoms. The summed E-state index contributed by atoms with van der Waals surface area (Å²) >= 11 is 0. The standard InChI is InChI=1S/C16H21NO6/c1-3-11(2)23-15(20)13(9-14(18)19)17-16(21)22-10-12-7-5-4-6-8-12/h4-8,11,13H,3,9-10H2,1-2H3,(H,17,21)(H,18,19)/t11?,13-/m1/s1. The number of hydrogen-bond donors (Lipinski definition) is 2. The summed E-state index contributed by atoms with van der Waals surface area (Å²) < 4.78 is 10.0. The number of carboxylic acids is 1. The lowest BCUT2D eigenvalue weighted by atomic mass is 10.2. The number of rotatable bonds is 8. The van der Waals surface area contributed by atoms with Crippen molar-refractivity contribution in [3.05, 3.63) is 35.9 Å². The Morgan fingerprint density at radius 3 is 2.43 bits per heavy atom. The summed E-state index contributed by atoms with van der Waals surface area (Å²) in [5.41, 5.74) is 0.777. The van der Waals surface area contributed by atoms with E-state index in [-0.39, 0.29) is 12.7 Å². The molecule has 7 nitrogen and oxygen atoms in total. The molecule has 1 aromatic rings. The van der Waals surface area contributed by atoms with E-state index in [1.165, 1.54) is 0 Å². The van der Waals surface area contributed by atoms with Gasteiger partial charge < -0.3 is 19.9 Å². The van der Waals surface area contributed by atoms with Gasteiger partial charge in [-0.2, -0.15) is 0 Å². The Hall–Kier alpha value is -2.57. The highest BCUT2D eigenvalue weighted by Crippen LogP contribution is 2.05. The minimum atomic E-state index is -1.29. The maximum Gasteiger partial charge on any atom is 0.408 e. The van der Waals surface area contributed by atoms with Crippen molar-refractivity contribution in [1.82, 2.24) is 5.32 Å². The number of nitrogens with one attached hydrogen (secondary N) is 1. The van der Waals surface area contributed by atoms with E-state index in [0.29, 0.717) is 6.42 Å². The van der Waals surface area contributed by atoms with Crippen LogP contribution in [-0.4, -0.2) is 35.3 Å². The van der Waals surface area contributed by atoms with Crippen LogP contribution in [0.25, 0.3) is 0 Å². The van der Waals surface area contributed by atoms with Crippen LogP contribution in [0.1, 0.15) is 32.3 Å². The van der Waals surface area contributed by atoms with E-state index in [1.807, 2.05) is 13.0 Å². The maximum absolute atomic E-state index is 11.9. The second-order valence-corrected chi connectivity index (χ2v) is 5.01. The molecule has 0 fully saturated rings. The summed E-state index contributed by atoms with van der Waals surface area (Å²) in [6.07, 6.45) is -1.22. The third-order valence-electron chi connectivity index (χ3n) is 3.06. The summed E-state index contributed by atoms with van der Waals surface area (Å²) in [7, 11) is 0. The number of carbonyl (C=O) groups excluding carboxylic acids is 2. The summed E-state index contributed by atoms with van der Waals surface area (Å²) in [6.45, 7) is 3.53. The van der Waals surface area contributed by atoms with Crippen LogP contribution in [0.5, 0.6) is 0 Å². The van der Waals surface area contributed by atoms with E-state index < -0.39 is 30.5 Å². The Bertz CT molecular complexity index is 531. The van der Waals surface area contributed by atoms with Crippen molar-refractivity contribution in [1.29, 1.82) is 0 Å². The average Bonchev–Trinajstić information content (AvgIpc) is 2.52. The van der Waals surface area contributed by atoms with Crippen molar-refractivity contribution in [2.75, 3.05) is 0 Å². The SMILES string of the molecule is CCC(C)OC(=O)[C@@H](CC(=O)O)NC(=O)OCc1ccccc1. The predicted molar refractivity (Wildman–Crippen MR) is 81.6 cm³/mol. The number of esters is 1. The molecule has 126 valence electrons. The molecule has 0 radical (unpaired) electrons. The van der Waals surface area contributed by atoms with Crippen molar-refractivity contribution in [2.45, 2.75) is 45.4 Å². The van der Waals surface area contributed by atoms with Gasteiger partial charge in [-0.3, -0.25) is 4.79 Å². The molecule has 0 aliphatic rings. The van der Waals surface area contributed by atoms with Gasteiger partial charge in [-0.25, -0.2) is 9.59 Å². The molecule has 2 atom stereocenters. The van der Waals surface area contributed by atoms with Crippen LogP contribution in [0.2, 0.25) is 0 Å². The molecule has 1 amide bonds. The highest BCUT2D eigenvalue weighted by molar-refractivity contribution is 5.85. The number of benzene rings is 1. The van der Waals surface area contributed by atoms with Crippen molar-refractivity contribution >= 4 is 18.0 Å². The van der Waals surface area contributed by atoms with Crippen LogP contribution in [-0.2, 0) is 25.7 Å². The average molecular weight is 323 g/mol. The predicted octanol–water partition coefficient (Wildman–Crippen LogP) is 2.10. The fourth-order valence-electron chi connectivity index (χ4n) is 1.64. The quantitative estimate of drug-likeness (QED) is 0.710. The van der Waals surface area contributed by atoms with Gasteiger partial charge in [0.25, 0.3) is 0 Å². The first-order valence-corrected chi connectivity index (χ1v) is 7.31. The monoisotopic (exact) mass is 323 g/mol. The Kier molecular flexibility index (Phi) is 7.59. The van der Waals surface area contributed by atoms with Gasteiger partial charge in [0.05, 0.1) is 12.5 Å². The van der Waals surface area contributed by atoms with Gasteiger partial charge in [-0.15, -0.1) is 0 Å². The second-order valence-electron chi connectivity index (χ2n) is 5.01. The van der Waals surface area contributed by atoms with Gasteiger partial charge in [0, 0.05) is 0 Å². The number of alkyl carbamates (subject to hydrolysis) is 1. The molecule has 0 heterocycles. The lowest BCUT2D eigenvalue weighted by Gasteiger charge is -2.18. The number of aliphatic carboxylic acids is 1. The molecular weight excluding hydrogens is 302 g/mol. The lowest BCUT2D eigenvalue weighted by Crippen LogP contribution is -2.44. The second kappa shape index (κ2) is 9.45. The molecule has 0 saturated carbocycles. The van der Waals surface area contributed by atoms with E-state index in [0.717, 1.165) is 5.56 Å². The third kappa shape index (κ3) is 7.30. The number of hydrogen-bond acceptors (Lipinski definition) is 5. The molecule has 7 heteroatoms. The minimum absolute atomic E-state index is 0.0207. The molecule has 0 spiro atoms. The topological polar surface area (TPSA) is 102 Å². The fraction of sp³-hybridized carbons (Fsp3) is 0.438. The molecule has 0 saturated heterocycles. The zero-order valence-electron chi connectivity index (χ0n) is 13.2. The molecule has 2 N–H and O–H groups in total. The van der Waals surface area contributed by atoms with Crippen LogP contribution in [0.15, 0.2) is 30.3 Å². The van der Waals surface area contributed by atoms with Gasteiger partial charge in [0.2, 0.25) is 0 Å². The number of carboxylic acid groups (broad SMARTS) is 1. The highest BCUT2D eigenvalue weighted by atomic mass is 16.6. The molecular formula is C16H21NO6. The Morgan fingerprint density at radius 2 is 1.87 bits per heavy atom. The number of ether oxygens (including phenoxy) is 2. The van der Waals surface area contributed by atoms with Crippen LogP contribution in [0.3, 0.4) is 0 Å². The minimum Gasteiger partial charge on any atom is -0.481 e. The van der Waals surface area contributed by atoms with Crippen molar-refractivity contribution in [3.63, 3.8) is 0 Å². The zero-order chi connectivity index (χ0) is 17.2. The summed E-state index contributed by atoms with van der Waals surface area (Å²) in [5, 5.41) is 11.1. The summed E-state index contributed by atoms with van der Waals surface area (Å²) in [5.74, 6) is -2.02. The Labute approximate surface area is 134 Å². The summed E-state index contributed by atoms with van der Waals surface area (Å²) in [6, 6.07) is 7.70. The van der Waals surface area contributed by atoms with Crippen molar-refractivity contribution in [2.24, 2.45) is 0 Å². The first kappa shape index (κ1) is 18.5. The Morgan fingerprint density at radius 1 is 1.22 bits per heavy atom. The molecule has 0 aliphatic heterocycles. The molecule has 0 bridgehead atoms. The van der Waals surface area contributed by atoms with Crippen LogP contribution in [0, 0.1) is 0 Å². The van der Waals surface area contributed by atoms with E-state index in [9.17, 15) is 14.4 Å². The molecule has 1 unspecified atom stereocenters. The zero-order valence-corrected chi connectivity index (χ0v) is 13.2. The van der Waals surface area contributed by atoms with E-state index in [4.69, 9.17) is 14.6 Å². The molecule has 1 rings (SSSR count). The smallest absolute Gasteiger partial charge is 0.408 e. The first-order chi connectivity index (χ1) is 10.9. The summed E-state index contributed by atoms with van der Waals surface area (Å²) in [4.78, 5) is 34.5. The van der Waals surface area contributed by atoms with Gasteiger partial charge >= 0.3 is 18.0 Å². The van der Waals surface area contributed by atoms with Gasteiger partial charge in [-0.1, -0.05) is 37.3 Å². The van der Waals surface area contributed by atoms with Crippen LogP contribution < -0.4 is 5.32 Å². The van der Waals surface area contributed by atoms with E-state index in [2.05, 4.69) is 5.32 Å².